The van der Waals surface area contributed by atoms with Crippen LogP contribution in [0.4, 0.5) is 0 Å². The number of carbonyl (C=O) groups excluding carboxylic acids is 1. The number of methoxy groups -OCH3 is 2. The van der Waals surface area contributed by atoms with Gasteiger partial charge in [0.1, 0.15) is 23.2 Å². The van der Waals surface area contributed by atoms with E-state index in [0.29, 0.717) is 17.1 Å². The topological polar surface area (TPSA) is 44.8 Å². The van der Waals surface area contributed by atoms with Crippen molar-refractivity contribution >= 4 is 5.97 Å². The molecular formula is C12H14O4. The summed E-state index contributed by atoms with van der Waals surface area (Å²) in [4.78, 5) is 11.7. The third kappa shape index (κ3) is 1.33. The van der Waals surface area contributed by atoms with Crippen molar-refractivity contribution in [3.8, 4) is 11.5 Å². The number of hydrogen-bond acceptors (Lipinski definition) is 4. The lowest BCUT2D eigenvalue weighted by Gasteiger charge is -2.13. The van der Waals surface area contributed by atoms with Gasteiger partial charge in [-0.3, -0.25) is 0 Å². The molecule has 1 unspecified atom stereocenters. The second-order valence-corrected chi connectivity index (χ2v) is 3.74. The van der Waals surface area contributed by atoms with Crippen LogP contribution in [-0.2, 0) is 4.74 Å². The third-order valence-corrected chi connectivity index (χ3v) is 2.89. The molecule has 0 fully saturated rings. The largest absolute Gasteiger partial charge is 0.496 e. The number of hydrogen-bond donors (Lipinski definition) is 0. The summed E-state index contributed by atoms with van der Waals surface area (Å²) >= 11 is 0. The van der Waals surface area contributed by atoms with E-state index in [1.165, 1.54) is 7.11 Å². The van der Waals surface area contributed by atoms with Crippen molar-refractivity contribution in [1.82, 2.24) is 0 Å². The molecule has 1 heterocycles. The highest BCUT2D eigenvalue weighted by Crippen LogP contribution is 2.42. The van der Waals surface area contributed by atoms with Gasteiger partial charge in [0, 0.05) is 11.6 Å². The quantitative estimate of drug-likeness (QED) is 0.720. The van der Waals surface area contributed by atoms with Gasteiger partial charge in [-0.15, -0.1) is 0 Å². The first-order chi connectivity index (χ1) is 7.60. The van der Waals surface area contributed by atoms with Crippen LogP contribution in [0, 0.1) is 6.92 Å². The van der Waals surface area contributed by atoms with E-state index in [4.69, 9.17) is 14.2 Å². The number of benzene rings is 1. The van der Waals surface area contributed by atoms with Gasteiger partial charge in [-0.05, 0) is 19.4 Å². The van der Waals surface area contributed by atoms with E-state index in [1.807, 2.05) is 13.8 Å². The van der Waals surface area contributed by atoms with Gasteiger partial charge in [0.05, 0.1) is 14.2 Å². The van der Waals surface area contributed by atoms with Crippen molar-refractivity contribution in [3.05, 3.63) is 22.8 Å². The summed E-state index contributed by atoms with van der Waals surface area (Å²) in [6.07, 6.45) is -0.244. The van der Waals surface area contributed by atoms with Crippen molar-refractivity contribution in [2.75, 3.05) is 14.2 Å². The molecule has 0 aromatic heterocycles. The van der Waals surface area contributed by atoms with E-state index in [1.54, 1.807) is 13.2 Å². The van der Waals surface area contributed by atoms with Gasteiger partial charge in [0.2, 0.25) is 0 Å². The Morgan fingerprint density at radius 3 is 2.44 bits per heavy atom. The van der Waals surface area contributed by atoms with Crippen LogP contribution in [0.5, 0.6) is 11.5 Å². The van der Waals surface area contributed by atoms with Crippen LogP contribution in [0.25, 0.3) is 0 Å². The van der Waals surface area contributed by atoms with E-state index in [0.717, 1.165) is 11.1 Å². The molecule has 4 nitrogen and oxygen atoms in total. The molecule has 0 saturated heterocycles. The Labute approximate surface area is 94.1 Å². The Balaban J connectivity index is 2.73. The van der Waals surface area contributed by atoms with Gasteiger partial charge in [-0.25, -0.2) is 4.79 Å². The predicted octanol–water partition coefficient (Wildman–Crippen LogP) is 2.24. The molecule has 0 spiro atoms. The first-order valence-electron chi connectivity index (χ1n) is 5.06. The average molecular weight is 222 g/mol. The fourth-order valence-corrected chi connectivity index (χ4v) is 2.12. The molecule has 0 radical (unpaired) electrons. The summed E-state index contributed by atoms with van der Waals surface area (Å²) in [5.74, 6) is 0.887. The summed E-state index contributed by atoms with van der Waals surface area (Å²) < 4.78 is 15.6. The molecular weight excluding hydrogens is 208 g/mol. The molecule has 0 amide bonds. The van der Waals surface area contributed by atoms with Crippen molar-refractivity contribution in [1.29, 1.82) is 0 Å². The molecule has 1 aromatic carbocycles. The number of rotatable bonds is 2. The summed E-state index contributed by atoms with van der Waals surface area (Å²) in [6, 6.07) is 1.72. The summed E-state index contributed by atoms with van der Waals surface area (Å²) in [5, 5.41) is 0. The zero-order valence-electron chi connectivity index (χ0n) is 9.79. The van der Waals surface area contributed by atoms with E-state index in [9.17, 15) is 4.79 Å². The number of cyclic esters (lactones) is 1. The molecule has 2 rings (SSSR count). The van der Waals surface area contributed by atoms with E-state index in [-0.39, 0.29) is 12.1 Å². The van der Waals surface area contributed by atoms with Gasteiger partial charge < -0.3 is 14.2 Å². The van der Waals surface area contributed by atoms with Gasteiger partial charge in [0.25, 0.3) is 0 Å². The second kappa shape index (κ2) is 3.70. The first kappa shape index (κ1) is 10.8. The molecule has 4 heteroatoms. The van der Waals surface area contributed by atoms with Gasteiger partial charge in [-0.1, -0.05) is 0 Å². The van der Waals surface area contributed by atoms with Gasteiger partial charge >= 0.3 is 5.97 Å². The van der Waals surface area contributed by atoms with Crippen LogP contribution in [0.3, 0.4) is 0 Å². The van der Waals surface area contributed by atoms with Gasteiger partial charge in [-0.2, -0.15) is 0 Å². The highest BCUT2D eigenvalue weighted by Gasteiger charge is 2.34. The predicted molar refractivity (Wildman–Crippen MR) is 58.1 cm³/mol. The number of esters is 1. The number of ether oxygens (including phenoxy) is 3. The fraction of sp³-hybridized carbons (Fsp3) is 0.417. The summed E-state index contributed by atoms with van der Waals surface area (Å²) in [7, 11) is 3.12. The monoisotopic (exact) mass is 222 g/mol. The van der Waals surface area contributed by atoms with Crippen LogP contribution < -0.4 is 9.47 Å². The van der Waals surface area contributed by atoms with Crippen LogP contribution in [0.1, 0.15) is 34.5 Å². The maximum Gasteiger partial charge on any atom is 0.342 e. The lowest BCUT2D eigenvalue weighted by Crippen LogP contribution is -2.01. The summed E-state index contributed by atoms with van der Waals surface area (Å²) in [6.45, 7) is 3.76. The minimum atomic E-state index is -0.329. The van der Waals surface area contributed by atoms with E-state index < -0.39 is 0 Å². The molecule has 1 aliphatic heterocycles. The second-order valence-electron chi connectivity index (χ2n) is 3.74. The van der Waals surface area contributed by atoms with Crippen molar-refractivity contribution in [2.45, 2.75) is 20.0 Å². The number of fused-ring (bicyclic) bond motifs is 1. The maximum atomic E-state index is 11.7. The molecule has 86 valence electrons. The minimum Gasteiger partial charge on any atom is -0.496 e. The molecule has 0 aliphatic carbocycles. The van der Waals surface area contributed by atoms with Crippen molar-refractivity contribution in [2.24, 2.45) is 0 Å². The zero-order valence-corrected chi connectivity index (χ0v) is 9.79. The molecule has 16 heavy (non-hydrogen) atoms. The van der Waals surface area contributed by atoms with Crippen molar-refractivity contribution in [3.63, 3.8) is 0 Å². The third-order valence-electron chi connectivity index (χ3n) is 2.89. The van der Waals surface area contributed by atoms with Crippen LogP contribution >= 0.6 is 0 Å². The van der Waals surface area contributed by atoms with E-state index >= 15 is 0 Å². The first-order valence-corrected chi connectivity index (χ1v) is 5.06. The lowest BCUT2D eigenvalue weighted by atomic mass is 9.98. The maximum absolute atomic E-state index is 11.7. The Bertz CT molecular complexity index is 451. The molecule has 1 atom stereocenters. The average Bonchev–Trinajstić information content (AvgIpc) is 2.56. The smallest absolute Gasteiger partial charge is 0.342 e. The summed E-state index contributed by atoms with van der Waals surface area (Å²) in [5.41, 5.74) is 2.31. The zero-order chi connectivity index (χ0) is 11.9. The minimum absolute atomic E-state index is 0.244. The lowest BCUT2D eigenvalue weighted by molar-refractivity contribution is 0.0419. The Morgan fingerprint density at radius 1 is 1.25 bits per heavy atom. The van der Waals surface area contributed by atoms with Crippen molar-refractivity contribution < 1.29 is 19.0 Å². The van der Waals surface area contributed by atoms with Crippen LogP contribution in [0.15, 0.2) is 6.07 Å². The van der Waals surface area contributed by atoms with Crippen LogP contribution in [-0.4, -0.2) is 20.2 Å². The molecule has 0 saturated carbocycles. The van der Waals surface area contributed by atoms with E-state index in [2.05, 4.69) is 0 Å². The number of carbonyl (C=O) groups is 1. The molecule has 1 aliphatic rings. The standard InChI is InChI=1S/C12H14O4/c1-6-8(14-3)5-9(15-4)11-10(6)7(2)16-12(11)13/h5,7H,1-4H3. The Morgan fingerprint density at radius 2 is 1.88 bits per heavy atom. The highest BCUT2D eigenvalue weighted by atomic mass is 16.6. The SMILES string of the molecule is COc1cc(OC)c2c(c1C)C(C)OC2=O. The Kier molecular flexibility index (Phi) is 2.50. The molecule has 0 bridgehead atoms. The molecule has 1 aromatic rings. The normalized spacial score (nSPS) is 18.0. The fourth-order valence-electron chi connectivity index (χ4n) is 2.12. The van der Waals surface area contributed by atoms with Gasteiger partial charge in [0.15, 0.2) is 0 Å². The Hall–Kier alpha value is -1.71. The van der Waals surface area contributed by atoms with Crippen LogP contribution in [0.2, 0.25) is 0 Å². The highest BCUT2D eigenvalue weighted by molar-refractivity contribution is 5.98. The molecule has 0 N–H and O–H groups in total.